The summed E-state index contributed by atoms with van der Waals surface area (Å²) < 4.78 is 5.64. The van der Waals surface area contributed by atoms with Crippen LogP contribution >= 0.6 is 11.8 Å². The molecule has 16 heavy (non-hydrogen) atoms. The van der Waals surface area contributed by atoms with Crippen LogP contribution < -0.4 is 5.32 Å². The molecule has 0 amide bonds. The van der Waals surface area contributed by atoms with Crippen molar-refractivity contribution in [2.75, 3.05) is 6.26 Å². The second-order valence-corrected chi connectivity index (χ2v) is 5.84. The Labute approximate surface area is 102 Å². The molecule has 3 atom stereocenters. The van der Waals surface area contributed by atoms with Crippen LogP contribution in [0.25, 0.3) is 0 Å². The molecule has 0 aliphatic heterocycles. The van der Waals surface area contributed by atoms with Gasteiger partial charge < -0.3 is 9.73 Å². The van der Waals surface area contributed by atoms with Crippen molar-refractivity contribution in [3.05, 3.63) is 23.7 Å². The van der Waals surface area contributed by atoms with E-state index in [-0.39, 0.29) is 0 Å². The molecule has 0 saturated heterocycles. The van der Waals surface area contributed by atoms with E-state index in [9.17, 15) is 0 Å². The molecule has 1 aliphatic carbocycles. The largest absolute Gasteiger partial charge is 0.465 e. The van der Waals surface area contributed by atoms with E-state index >= 15 is 0 Å². The van der Waals surface area contributed by atoms with E-state index < -0.39 is 0 Å². The summed E-state index contributed by atoms with van der Waals surface area (Å²) in [5, 5.41) is 4.52. The van der Waals surface area contributed by atoms with Crippen molar-refractivity contribution in [2.45, 2.75) is 50.4 Å². The highest BCUT2D eigenvalue weighted by atomic mass is 32.2. The van der Waals surface area contributed by atoms with E-state index in [0.29, 0.717) is 12.1 Å². The fourth-order valence-corrected chi connectivity index (χ4v) is 3.22. The summed E-state index contributed by atoms with van der Waals surface area (Å²) in [5.74, 6) is 2.06. The Bertz CT molecular complexity index is 336. The number of nitrogens with one attached hydrogen (secondary N) is 1. The molecule has 1 aliphatic rings. The molecule has 1 saturated carbocycles. The van der Waals surface area contributed by atoms with Crippen LogP contribution in [0.15, 0.2) is 16.5 Å². The van der Waals surface area contributed by atoms with Gasteiger partial charge in [0.05, 0.1) is 6.04 Å². The number of rotatable bonds is 4. The Morgan fingerprint density at radius 2 is 2.25 bits per heavy atom. The molecular weight excluding hydrogens is 218 g/mol. The van der Waals surface area contributed by atoms with E-state index in [4.69, 9.17) is 4.42 Å². The first-order chi connectivity index (χ1) is 7.69. The second-order valence-electron chi connectivity index (χ2n) is 4.70. The van der Waals surface area contributed by atoms with Crippen molar-refractivity contribution < 1.29 is 4.42 Å². The van der Waals surface area contributed by atoms with E-state index in [1.165, 1.54) is 19.3 Å². The first kappa shape index (κ1) is 12.1. The van der Waals surface area contributed by atoms with Crippen LogP contribution in [0, 0.1) is 6.92 Å². The predicted octanol–water partition coefficient (Wildman–Crippen LogP) is 3.52. The minimum atomic E-state index is 0.333. The van der Waals surface area contributed by atoms with Gasteiger partial charge in [-0.2, -0.15) is 11.8 Å². The Morgan fingerprint density at radius 3 is 2.81 bits per heavy atom. The quantitative estimate of drug-likeness (QED) is 0.870. The van der Waals surface area contributed by atoms with Crippen molar-refractivity contribution in [1.82, 2.24) is 5.32 Å². The summed E-state index contributed by atoms with van der Waals surface area (Å²) in [5.41, 5.74) is 0. The highest BCUT2D eigenvalue weighted by molar-refractivity contribution is 7.99. The summed E-state index contributed by atoms with van der Waals surface area (Å²) in [6.07, 6.45) is 6.16. The third-order valence-electron chi connectivity index (χ3n) is 3.39. The lowest BCUT2D eigenvalue weighted by molar-refractivity contribution is 0.381. The van der Waals surface area contributed by atoms with Crippen LogP contribution in [0.3, 0.4) is 0 Å². The molecule has 1 N–H and O–H groups in total. The second kappa shape index (κ2) is 5.28. The summed E-state index contributed by atoms with van der Waals surface area (Å²) >= 11 is 2.00. The minimum absolute atomic E-state index is 0.333. The maximum absolute atomic E-state index is 5.64. The number of hydrogen-bond acceptors (Lipinski definition) is 3. The van der Waals surface area contributed by atoms with E-state index in [1.54, 1.807) is 0 Å². The predicted molar refractivity (Wildman–Crippen MR) is 69.9 cm³/mol. The topological polar surface area (TPSA) is 25.2 Å². The Morgan fingerprint density at radius 1 is 1.44 bits per heavy atom. The average Bonchev–Trinajstić information content (AvgIpc) is 2.87. The normalized spacial score (nSPS) is 27.2. The summed E-state index contributed by atoms with van der Waals surface area (Å²) in [6.45, 7) is 4.18. The third kappa shape index (κ3) is 2.83. The van der Waals surface area contributed by atoms with Crippen LogP contribution in [-0.4, -0.2) is 17.5 Å². The fourth-order valence-electron chi connectivity index (χ4n) is 2.43. The molecule has 0 aromatic carbocycles. The van der Waals surface area contributed by atoms with Crippen molar-refractivity contribution in [1.29, 1.82) is 0 Å². The molecule has 90 valence electrons. The van der Waals surface area contributed by atoms with Gasteiger partial charge in [-0.3, -0.25) is 0 Å². The van der Waals surface area contributed by atoms with Gasteiger partial charge >= 0.3 is 0 Å². The number of aryl methyl sites for hydroxylation is 1. The Balaban J connectivity index is 1.86. The van der Waals surface area contributed by atoms with Gasteiger partial charge in [0, 0.05) is 11.3 Å². The molecule has 0 bridgehead atoms. The van der Waals surface area contributed by atoms with Crippen LogP contribution in [-0.2, 0) is 0 Å². The monoisotopic (exact) mass is 239 g/mol. The molecule has 2 nitrogen and oxygen atoms in total. The zero-order valence-electron chi connectivity index (χ0n) is 10.3. The van der Waals surface area contributed by atoms with E-state index in [0.717, 1.165) is 16.8 Å². The lowest BCUT2D eigenvalue weighted by atomic mass is 10.2. The highest BCUT2D eigenvalue weighted by Crippen LogP contribution is 2.29. The van der Waals surface area contributed by atoms with Crippen LogP contribution in [0.2, 0.25) is 0 Å². The van der Waals surface area contributed by atoms with Gasteiger partial charge in [-0.05, 0) is 51.5 Å². The van der Waals surface area contributed by atoms with Gasteiger partial charge in [-0.15, -0.1) is 0 Å². The SMILES string of the molecule is CS[C@@H]1CC[C@H](N[C@H](C)c2ccc(C)o2)C1. The molecule has 1 aromatic heterocycles. The molecule has 1 aromatic rings. The smallest absolute Gasteiger partial charge is 0.120 e. The van der Waals surface area contributed by atoms with Gasteiger partial charge in [-0.1, -0.05) is 0 Å². The molecule has 2 rings (SSSR count). The van der Waals surface area contributed by atoms with Gasteiger partial charge in [0.25, 0.3) is 0 Å². The van der Waals surface area contributed by atoms with Crippen molar-refractivity contribution in [3.8, 4) is 0 Å². The van der Waals surface area contributed by atoms with Gasteiger partial charge in [0.2, 0.25) is 0 Å². The third-order valence-corrected chi connectivity index (χ3v) is 4.49. The Kier molecular flexibility index (Phi) is 3.98. The van der Waals surface area contributed by atoms with E-state index in [1.807, 2.05) is 24.8 Å². The maximum atomic E-state index is 5.64. The standard InChI is InChI=1S/C13H21NOS/c1-9-4-7-13(15-9)10(2)14-11-5-6-12(8-11)16-3/h4,7,10-12,14H,5-6,8H2,1-3H3/t10-,11+,12-/m1/s1. The first-order valence-corrected chi connectivity index (χ1v) is 7.33. The Hall–Kier alpha value is -0.410. The molecule has 1 fully saturated rings. The minimum Gasteiger partial charge on any atom is -0.465 e. The average molecular weight is 239 g/mol. The molecule has 3 heteroatoms. The van der Waals surface area contributed by atoms with Gasteiger partial charge in [0.1, 0.15) is 11.5 Å². The zero-order valence-corrected chi connectivity index (χ0v) is 11.1. The van der Waals surface area contributed by atoms with Crippen LogP contribution in [0.1, 0.15) is 43.7 Å². The summed E-state index contributed by atoms with van der Waals surface area (Å²) in [6, 6.07) is 5.11. The number of furan rings is 1. The number of hydrogen-bond donors (Lipinski definition) is 1. The summed E-state index contributed by atoms with van der Waals surface area (Å²) in [7, 11) is 0. The van der Waals surface area contributed by atoms with Crippen LogP contribution in [0.4, 0.5) is 0 Å². The van der Waals surface area contributed by atoms with Gasteiger partial charge in [-0.25, -0.2) is 0 Å². The number of thioether (sulfide) groups is 1. The summed E-state index contributed by atoms with van der Waals surface area (Å²) in [4.78, 5) is 0. The molecule has 0 radical (unpaired) electrons. The highest BCUT2D eigenvalue weighted by Gasteiger charge is 2.25. The first-order valence-electron chi connectivity index (χ1n) is 6.04. The van der Waals surface area contributed by atoms with Crippen molar-refractivity contribution >= 4 is 11.8 Å². The zero-order chi connectivity index (χ0) is 11.5. The van der Waals surface area contributed by atoms with Crippen molar-refractivity contribution in [3.63, 3.8) is 0 Å². The lowest BCUT2D eigenvalue weighted by Crippen LogP contribution is -2.29. The lowest BCUT2D eigenvalue weighted by Gasteiger charge is -2.17. The molecular formula is C13H21NOS. The van der Waals surface area contributed by atoms with Crippen molar-refractivity contribution in [2.24, 2.45) is 0 Å². The molecule has 0 spiro atoms. The van der Waals surface area contributed by atoms with Gasteiger partial charge in [0.15, 0.2) is 0 Å². The van der Waals surface area contributed by atoms with E-state index in [2.05, 4.69) is 24.6 Å². The molecule has 1 heterocycles. The maximum Gasteiger partial charge on any atom is 0.120 e. The molecule has 0 unspecified atom stereocenters. The fraction of sp³-hybridized carbons (Fsp3) is 0.692. The van der Waals surface area contributed by atoms with Crippen LogP contribution in [0.5, 0.6) is 0 Å².